The number of amides is 1. The molecule has 2 aromatic carbocycles. The van der Waals surface area contributed by atoms with Crippen LogP contribution in [0.4, 0.5) is 0 Å². The van der Waals surface area contributed by atoms with E-state index in [2.05, 4.69) is 21.6 Å². The molecular weight excluding hydrogens is 519 g/mol. The van der Waals surface area contributed by atoms with Crippen LogP contribution in [0, 0.1) is 0 Å². The smallest absolute Gasteiger partial charge is 0.222 e. The zero-order valence-electron chi connectivity index (χ0n) is 19.0. The van der Waals surface area contributed by atoms with E-state index in [-0.39, 0.29) is 29.9 Å². The minimum absolute atomic E-state index is 0. The number of halogens is 1. The van der Waals surface area contributed by atoms with Gasteiger partial charge in [0.2, 0.25) is 5.91 Å². The molecule has 2 N–H and O–H groups in total. The first-order valence-corrected chi connectivity index (χ1v) is 10.7. The summed E-state index contributed by atoms with van der Waals surface area (Å²) < 4.78 is 10.9. The maximum absolute atomic E-state index is 12.2. The average molecular weight is 552 g/mol. The van der Waals surface area contributed by atoms with Crippen molar-refractivity contribution in [2.24, 2.45) is 4.99 Å². The number of nitrogens with one attached hydrogen (secondary N) is 2. The predicted octanol–water partition coefficient (Wildman–Crippen LogP) is 3.35. The van der Waals surface area contributed by atoms with Crippen LogP contribution >= 0.6 is 24.0 Å². The van der Waals surface area contributed by atoms with Gasteiger partial charge in [0.25, 0.3) is 0 Å². The second kappa shape index (κ2) is 13.1. The van der Waals surface area contributed by atoms with Crippen molar-refractivity contribution in [3.8, 4) is 11.5 Å². The van der Waals surface area contributed by atoms with Crippen molar-refractivity contribution in [1.82, 2.24) is 15.5 Å². The molecule has 0 saturated carbocycles. The number of carbonyl (C=O) groups is 1. The van der Waals surface area contributed by atoms with Gasteiger partial charge in [0, 0.05) is 32.6 Å². The summed E-state index contributed by atoms with van der Waals surface area (Å²) in [6.07, 6.45) is 1.26. The number of methoxy groups -OCH3 is 2. The molecule has 0 saturated heterocycles. The van der Waals surface area contributed by atoms with Crippen LogP contribution in [0.1, 0.15) is 30.0 Å². The number of aliphatic imine (C=N–C) groups is 1. The number of hydrogen-bond acceptors (Lipinski definition) is 4. The Balaban J connectivity index is 0.00000363. The molecule has 1 aliphatic rings. The summed E-state index contributed by atoms with van der Waals surface area (Å²) in [7, 11) is 3.31. The van der Waals surface area contributed by atoms with Gasteiger partial charge in [-0.25, -0.2) is 0 Å². The monoisotopic (exact) mass is 552 g/mol. The summed E-state index contributed by atoms with van der Waals surface area (Å²) in [5.74, 6) is 2.33. The lowest BCUT2D eigenvalue weighted by Gasteiger charge is -2.32. The van der Waals surface area contributed by atoms with E-state index in [1.54, 1.807) is 14.2 Å². The molecule has 0 spiro atoms. The van der Waals surface area contributed by atoms with Crippen molar-refractivity contribution in [2.75, 3.05) is 33.9 Å². The highest BCUT2D eigenvalue weighted by molar-refractivity contribution is 14.0. The summed E-state index contributed by atoms with van der Waals surface area (Å²) >= 11 is 0. The highest BCUT2D eigenvalue weighted by Gasteiger charge is 2.21. The number of carbonyl (C=O) groups excluding carboxylic acids is 1. The Morgan fingerprint density at radius 3 is 2.41 bits per heavy atom. The third-order valence-corrected chi connectivity index (χ3v) is 5.29. The summed E-state index contributed by atoms with van der Waals surface area (Å²) in [4.78, 5) is 19.1. The number of hydrogen-bond donors (Lipinski definition) is 2. The van der Waals surface area contributed by atoms with Crippen LogP contribution in [0.2, 0.25) is 0 Å². The van der Waals surface area contributed by atoms with Gasteiger partial charge in [0.15, 0.2) is 17.5 Å². The van der Waals surface area contributed by atoms with Crippen LogP contribution in [0.5, 0.6) is 11.5 Å². The largest absolute Gasteiger partial charge is 0.493 e. The van der Waals surface area contributed by atoms with Gasteiger partial charge in [0.1, 0.15) is 0 Å². The fourth-order valence-corrected chi connectivity index (χ4v) is 3.64. The quantitative estimate of drug-likeness (QED) is 0.299. The molecule has 3 rings (SSSR count). The van der Waals surface area contributed by atoms with Crippen LogP contribution in [0.15, 0.2) is 47.5 Å². The molecule has 8 heteroatoms. The Kier molecular flexibility index (Phi) is 10.6. The molecule has 1 amide bonds. The van der Waals surface area contributed by atoms with E-state index < -0.39 is 0 Å². The van der Waals surface area contributed by atoms with Gasteiger partial charge in [-0.2, -0.15) is 0 Å². The highest BCUT2D eigenvalue weighted by Crippen LogP contribution is 2.33. The van der Waals surface area contributed by atoms with Crippen LogP contribution in [-0.2, 0) is 24.3 Å². The summed E-state index contributed by atoms with van der Waals surface area (Å²) in [6.45, 7) is 5.40. The molecule has 1 heterocycles. The first-order valence-electron chi connectivity index (χ1n) is 10.7. The van der Waals surface area contributed by atoms with Crippen molar-refractivity contribution in [3.63, 3.8) is 0 Å². The normalized spacial score (nSPS) is 13.0. The molecular formula is C24H33IN4O3. The Hall–Kier alpha value is -2.49. The van der Waals surface area contributed by atoms with Crippen LogP contribution in [0.3, 0.4) is 0 Å². The molecule has 0 radical (unpaired) electrons. The van der Waals surface area contributed by atoms with Crippen LogP contribution in [-0.4, -0.2) is 50.6 Å². The van der Waals surface area contributed by atoms with Gasteiger partial charge in [-0.3, -0.25) is 9.79 Å². The lowest BCUT2D eigenvalue weighted by atomic mass is 9.99. The van der Waals surface area contributed by atoms with E-state index >= 15 is 0 Å². The van der Waals surface area contributed by atoms with Crippen molar-refractivity contribution in [3.05, 3.63) is 59.2 Å². The molecule has 0 aliphatic carbocycles. The average Bonchev–Trinajstić information content (AvgIpc) is 2.81. The van der Waals surface area contributed by atoms with Gasteiger partial charge in [-0.1, -0.05) is 30.3 Å². The number of benzene rings is 2. The Labute approximate surface area is 207 Å². The lowest BCUT2D eigenvalue weighted by molar-refractivity contribution is -0.121. The number of nitrogens with zero attached hydrogens (tertiary/aromatic N) is 2. The van der Waals surface area contributed by atoms with Crippen molar-refractivity contribution >= 4 is 35.8 Å². The van der Waals surface area contributed by atoms with Crippen molar-refractivity contribution < 1.29 is 14.3 Å². The van der Waals surface area contributed by atoms with Gasteiger partial charge in [-0.15, -0.1) is 24.0 Å². The second-order valence-electron chi connectivity index (χ2n) is 7.40. The molecule has 7 nitrogen and oxygen atoms in total. The Morgan fingerprint density at radius 2 is 1.75 bits per heavy atom. The minimum atomic E-state index is 0. The third kappa shape index (κ3) is 7.01. The first-order chi connectivity index (χ1) is 15.1. The van der Waals surface area contributed by atoms with Gasteiger partial charge in [-0.05, 0) is 42.2 Å². The third-order valence-electron chi connectivity index (χ3n) is 5.29. The molecule has 0 unspecified atom stereocenters. The molecule has 0 fully saturated rings. The Bertz CT molecular complexity index is 906. The predicted molar refractivity (Wildman–Crippen MR) is 138 cm³/mol. The maximum atomic E-state index is 12.2. The van der Waals surface area contributed by atoms with E-state index in [1.165, 1.54) is 11.1 Å². The van der Waals surface area contributed by atoms with E-state index in [9.17, 15) is 4.79 Å². The van der Waals surface area contributed by atoms with E-state index in [0.717, 1.165) is 49.1 Å². The summed E-state index contributed by atoms with van der Waals surface area (Å²) in [5.41, 5.74) is 3.56. The first kappa shape index (κ1) is 25.8. The summed E-state index contributed by atoms with van der Waals surface area (Å²) in [6, 6.07) is 14.0. The van der Waals surface area contributed by atoms with Crippen molar-refractivity contribution in [2.45, 2.75) is 32.9 Å². The van der Waals surface area contributed by atoms with Gasteiger partial charge >= 0.3 is 0 Å². The van der Waals surface area contributed by atoms with E-state index in [4.69, 9.17) is 14.5 Å². The number of ether oxygens (including phenoxy) is 2. The van der Waals surface area contributed by atoms with Crippen LogP contribution in [0.25, 0.3) is 0 Å². The molecule has 1 aliphatic heterocycles. The standard InChI is InChI=1S/C24H32N4O3.HI/c1-4-25-24(26-12-10-23(29)27-16-18-8-6-5-7-9-18)28-13-11-19-14-21(30-2)22(31-3)15-20(19)17-28;/h5-9,14-15H,4,10-13,16-17H2,1-3H3,(H,25,26)(H,27,29);1H. The lowest BCUT2D eigenvalue weighted by Crippen LogP contribution is -2.44. The summed E-state index contributed by atoms with van der Waals surface area (Å²) in [5, 5.41) is 6.31. The zero-order chi connectivity index (χ0) is 22.1. The van der Waals surface area contributed by atoms with Gasteiger partial charge < -0.3 is 25.0 Å². The molecule has 0 aromatic heterocycles. The zero-order valence-corrected chi connectivity index (χ0v) is 21.3. The van der Waals surface area contributed by atoms with Crippen LogP contribution < -0.4 is 20.1 Å². The maximum Gasteiger partial charge on any atom is 0.222 e. The molecule has 0 bridgehead atoms. The fourth-order valence-electron chi connectivity index (χ4n) is 3.64. The van der Waals surface area contributed by atoms with E-state index in [0.29, 0.717) is 19.5 Å². The van der Waals surface area contributed by atoms with E-state index in [1.807, 2.05) is 43.3 Å². The number of fused-ring (bicyclic) bond motifs is 1. The number of guanidine groups is 1. The minimum Gasteiger partial charge on any atom is -0.493 e. The molecule has 174 valence electrons. The number of rotatable bonds is 8. The SMILES string of the molecule is CCNC(=NCCC(=O)NCc1ccccc1)N1CCc2cc(OC)c(OC)cc2C1.I. The molecule has 0 atom stereocenters. The highest BCUT2D eigenvalue weighted by atomic mass is 127. The Morgan fingerprint density at radius 1 is 1.06 bits per heavy atom. The molecule has 32 heavy (non-hydrogen) atoms. The fraction of sp³-hybridized carbons (Fsp3) is 0.417. The molecule has 2 aromatic rings. The second-order valence-corrected chi connectivity index (χ2v) is 7.40. The topological polar surface area (TPSA) is 75.2 Å². The van der Waals surface area contributed by atoms with Gasteiger partial charge in [0.05, 0.1) is 20.8 Å². The van der Waals surface area contributed by atoms with Crippen molar-refractivity contribution in [1.29, 1.82) is 0 Å².